The Bertz CT molecular complexity index is 165. The molecule has 1 nitrogen and oxygen atoms in total. The van der Waals surface area contributed by atoms with Gasteiger partial charge in [0, 0.05) is 18.5 Å². The number of aryl methyl sites for hydroxylation is 1. The van der Waals surface area contributed by atoms with E-state index in [0.717, 1.165) is 5.56 Å². The fourth-order valence-electron chi connectivity index (χ4n) is 0.414. The third-order valence-corrected chi connectivity index (χ3v) is 1.29. The molecule has 0 spiro atoms. The predicted molar refractivity (Wildman–Crippen MR) is 32.8 cm³/mol. The average Bonchev–Trinajstić information content (AvgIpc) is 1.77. The monoisotopic (exact) mass is 126 g/mol. The lowest BCUT2D eigenvalue weighted by molar-refractivity contribution is 1.26. The van der Waals surface area contributed by atoms with Crippen molar-refractivity contribution in [1.29, 1.82) is 0 Å². The highest BCUT2D eigenvalue weighted by molar-refractivity contribution is 6.31. The van der Waals surface area contributed by atoms with Crippen LogP contribution >= 0.6 is 11.6 Å². The van der Waals surface area contributed by atoms with Crippen molar-refractivity contribution in [1.82, 2.24) is 4.98 Å². The van der Waals surface area contributed by atoms with Crippen LogP contribution in [0.25, 0.3) is 0 Å². The van der Waals surface area contributed by atoms with Crippen LogP contribution in [0.3, 0.4) is 0 Å². The first kappa shape index (κ1) is 5.57. The highest BCUT2D eigenvalue weighted by atomic mass is 35.5. The van der Waals surface area contributed by atoms with Gasteiger partial charge in [-0.15, -0.1) is 0 Å². The summed E-state index contributed by atoms with van der Waals surface area (Å²) in [6.45, 7) is 1.89. The molecule has 0 saturated carbocycles. The minimum Gasteiger partial charge on any atom is -0.264 e. The van der Waals surface area contributed by atoms with Crippen molar-refractivity contribution >= 4 is 11.6 Å². The average molecular weight is 127 g/mol. The second-order valence-electron chi connectivity index (χ2n) is 1.55. The van der Waals surface area contributed by atoms with Crippen LogP contribution in [-0.2, 0) is 0 Å². The Kier molecular flexibility index (Phi) is 1.49. The third-order valence-electron chi connectivity index (χ3n) is 0.880. The molecule has 1 heterocycles. The lowest BCUT2D eigenvalue weighted by Crippen LogP contribution is -1.75. The summed E-state index contributed by atoms with van der Waals surface area (Å²) in [5, 5.41) is 0.653. The zero-order chi connectivity index (χ0) is 5.98. The van der Waals surface area contributed by atoms with Crippen molar-refractivity contribution in [2.45, 2.75) is 6.92 Å². The minimum absolute atomic E-state index is 0.653. The molecule has 1 radical (unpaired) electrons. The molecule has 0 unspecified atom stereocenters. The largest absolute Gasteiger partial charge is 0.264 e. The summed E-state index contributed by atoms with van der Waals surface area (Å²) in [6.07, 6.45) is 3.26. The van der Waals surface area contributed by atoms with E-state index in [-0.39, 0.29) is 0 Å². The molecule has 0 bridgehead atoms. The molecule has 0 aromatic carbocycles. The molecule has 2 heteroatoms. The Morgan fingerprint density at radius 3 is 2.88 bits per heavy atom. The first-order valence-corrected chi connectivity index (χ1v) is 2.66. The van der Waals surface area contributed by atoms with Gasteiger partial charge in [0.15, 0.2) is 0 Å². The number of halogens is 1. The summed E-state index contributed by atoms with van der Waals surface area (Å²) < 4.78 is 0. The summed E-state index contributed by atoms with van der Waals surface area (Å²) in [5.74, 6) is 0. The quantitative estimate of drug-likeness (QED) is 0.517. The summed E-state index contributed by atoms with van der Waals surface area (Å²) >= 11 is 5.61. The van der Waals surface area contributed by atoms with Gasteiger partial charge in [-0.2, -0.15) is 0 Å². The number of hydrogen-bond acceptors (Lipinski definition) is 1. The van der Waals surface area contributed by atoms with Crippen LogP contribution in [0.1, 0.15) is 5.56 Å². The van der Waals surface area contributed by atoms with Gasteiger partial charge in [0.2, 0.25) is 0 Å². The number of pyridine rings is 1. The van der Waals surface area contributed by atoms with E-state index in [9.17, 15) is 0 Å². The smallest absolute Gasteiger partial charge is 0.0545 e. The highest BCUT2D eigenvalue weighted by Gasteiger charge is 1.88. The molecule has 8 heavy (non-hydrogen) atoms. The van der Waals surface area contributed by atoms with E-state index in [1.165, 1.54) is 0 Å². The molecule has 1 aromatic heterocycles. The summed E-state index contributed by atoms with van der Waals surface area (Å²) in [5.41, 5.74) is 0.967. The first-order valence-electron chi connectivity index (χ1n) is 2.28. The van der Waals surface area contributed by atoms with Crippen LogP contribution in [0.2, 0.25) is 5.02 Å². The van der Waals surface area contributed by atoms with Crippen molar-refractivity contribution in [3.63, 3.8) is 0 Å². The molecule has 0 saturated heterocycles. The van der Waals surface area contributed by atoms with Gasteiger partial charge in [-0.25, -0.2) is 0 Å². The molecule has 0 aliphatic carbocycles. The lowest BCUT2D eigenvalue weighted by Gasteiger charge is -1.89. The molecule has 41 valence electrons. The number of aromatic nitrogens is 1. The van der Waals surface area contributed by atoms with E-state index in [1.807, 2.05) is 6.92 Å². The number of rotatable bonds is 0. The Morgan fingerprint density at radius 1 is 1.75 bits per heavy atom. The van der Waals surface area contributed by atoms with Crippen LogP contribution in [0.5, 0.6) is 0 Å². The Labute approximate surface area is 53.3 Å². The van der Waals surface area contributed by atoms with Crippen LogP contribution in [0.15, 0.2) is 12.4 Å². The Hall–Kier alpha value is -0.560. The summed E-state index contributed by atoms with van der Waals surface area (Å²) in [6, 6.07) is 2.75. The topological polar surface area (TPSA) is 12.9 Å². The number of nitrogens with zero attached hydrogens (tertiary/aromatic N) is 1. The third kappa shape index (κ3) is 0.984. The normalized spacial score (nSPS) is 9.25. The molecule has 1 rings (SSSR count). The van der Waals surface area contributed by atoms with Gasteiger partial charge in [0.25, 0.3) is 0 Å². The van der Waals surface area contributed by atoms with Crippen LogP contribution in [0, 0.1) is 13.0 Å². The van der Waals surface area contributed by atoms with E-state index >= 15 is 0 Å². The van der Waals surface area contributed by atoms with Gasteiger partial charge in [-0.1, -0.05) is 11.6 Å². The molecule has 1 aromatic rings. The molecule has 0 N–H and O–H groups in total. The van der Waals surface area contributed by atoms with Crippen LogP contribution in [0.4, 0.5) is 0 Å². The van der Waals surface area contributed by atoms with Crippen LogP contribution in [-0.4, -0.2) is 4.98 Å². The molecule has 0 amide bonds. The molecule has 0 fully saturated rings. The van der Waals surface area contributed by atoms with E-state index in [1.54, 1.807) is 12.4 Å². The van der Waals surface area contributed by atoms with Gasteiger partial charge in [-0.3, -0.25) is 4.98 Å². The van der Waals surface area contributed by atoms with E-state index in [0.29, 0.717) is 5.02 Å². The maximum absolute atomic E-state index is 5.61. The second-order valence-corrected chi connectivity index (χ2v) is 1.93. The lowest BCUT2D eigenvalue weighted by atomic mass is 10.3. The van der Waals surface area contributed by atoms with Gasteiger partial charge in [0.05, 0.1) is 5.02 Å². The molecule has 0 aliphatic rings. The summed E-state index contributed by atoms with van der Waals surface area (Å²) in [4.78, 5) is 3.81. The van der Waals surface area contributed by atoms with Crippen molar-refractivity contribution < 1.29 is 0 Å². The maximum Gasteiger partial charge on any atom is 0.0545 e. The second kappa shape index (κ2) is 2.14. The van der Waals surface area contributed by atoms with E-state index in [2.05, 4.69) is 11.1 Å². The van der Waals surface area contributed by atoms with Crippen molar-refractivity contribution in [3.05, 3.63) is 29.0 Å². The standard InChI is InChI=1S/C6H5ClN/c1-5-4-8-3-2-6(5)7/h3-4H,1H3. The van der Waals surface area contributed by atoms with E-state index < -0.39 is 0 Å². The van der Waals surface area contributed by atoms with Gasteiger partial charge < -0.3 is 0 Å². The Morgan fingerprint density at radius 2 is 2.50 bits per heavy atom. The van der Waals surface area contributed by atoms with Gasteiger partial charge >= 0.3 is 0 Å². The van der Waals surface area contributed by atoms with Gasteiger partial charge in [0.1, 0.15) is 0 Å². The number of hydrogen-bond donors (Lipinski definition) is 0. The fourth-order valence-corrected chi connectivity index (χ4v) is 0.511. The minimum atomic E-state index is 0.653. The summed E-state index contributed by atoms with van der Waals surface area (Å²) in [7, 11) is 0. The molecular weight excluding hydrogens is 122 g/mol. The van der Waals surface area contributed by atoms with Crippen LogP contribution < -0.4 is 0 Å². The highest BCUT2D eigenvalue weighted by Crippen LogP contribution is 2.09. The molecular formula is C6H5ClN. The van der Waals surface area contributed by atoms with Crippen molar-refractivity contribution in [2.24, 2.45) is 0 Å². The van der Waals surface area contributed by atoms with Crippen molar-refractivity contribution in [3.8, 4) is 0 Å². The van der Waals surface area contributed by atoms with Crippen molar-refractivity contribution in [2.75, 3.05) is 0 Å². The van der Waals surface area contributed by atoms with E-state index in [4.69, 9.17) is 11.6 Å². The molecule has 0 aliphatic heterocycles. The zero-order valence-corrected chi connectivity index (χ0v) is 5.24. The maximum atomic E-state index is 5.61. The fraction of sp³-hybridized carbons (Fsp3) is 0.167. The predicted octanol–water partition coefficient (Wildman–Crippen LogP) is 1.84. The van der Waals surface area contributed by atoms with Gasteiger partial charge in [-0.05, 0) is 12.5 Å². The Balaban J connectivity index is 3.13. The molecule has 0 atom stereocenters. The first-order chi connectivity index (χ1) is 3.80. The zero-order valence-electron chi connectivity index (χ0n) is 4.48. The SMILES string of the molecule is Cc1cnc[c]c1Cl.